The number of nitrogen functional groups attached to an aromatic ring is 1. The topological polar surface area (TPSA) is 38.0 Å². The highest BCUT2D eigenvalue weighted by molar-refractivity contribution is 6.33. The summed E-state index contributed by atoms with van der Waals surface area (Å²) in [6.45, 7) is 0. The number of rotatable bonds is 2. The van der Waals surface area contributed by atoms with Crippen LogP contribution in [0.4, 0.5) is 25.8 Å². The first-order valence-electron chi connectivity index (χ1n) is 4.94. The summed E-state index contributed by atoms with van der Waals surface area (Å²) in [6.07, 6.45) is 0. The number of benzene rings is 2. The first-order valence-corrected chi connectivity index (χ1v) is 5.69. The predicted molar refractivity (Wildman–Crippen MR) is 70.5 cm³/mol. The maximum atomic E-state index is 13.6. The molecule has 2 nitrogen and oxygen atoms in total. The van der Waals surface area contributed by atoms with Gasteiger partial charge in [0.1, 0.15) is 5.82 Å². The smallest absolute Gasteiger partial charge is 0.151 e. The van der Waals surface area contributed by atoms with Crippen LogP contribution < -0.4 is 11.1 Å². The van der Waals surface area contributed by atoms with Gasteiger partial charge in [0.15, 0.2) is 5.82 Å². The summed E-state index contributed by atoms with van der Waals surface area (Å²) in [4.78, 5) is 0. The molecule has 2 aromatic rings. The molecule has 0 aliphatic rings. The number of halogens is 4. The molecule has 0 atom stereocenters. The van der Waals surface area contributed by atoms with Crippen molar-refractivity contribution in [1.82, 2.24) is 0 Å². The van der Waals surface area contributed by atoms with Crippen LogP contribution in [0, 0.1) is 11.6 Å². The summed E-state index contributed by atoms with van der Waals surface area (Å²) >= 11 is 11.6. The molecule has 0 unspecified atom stereocenters. The highest BCUT2D eigenvalue weighted by Crippen LogP contribution is 2.32. The van der Waals surface area contributed by atoms with Gasteiger partial charge in [-0.15, -0.1) is 0 Å². The zero-order valence-electron chi connectivity index (χ0n) is 8.98. The molecule has 0 fully saturated rings. The van der Waals surface area contributed by atoms with Crippen LogP contribution in [0.2, 0.25) is 10.0 Å². The van der Waals surface area contributed by atoms with Crippen LogP contribution in [0.25, 0.3) is 0 Å². The van der Waals surface area contributed by atoms with Crippen LogP contribution in [0.1, 0.15) is 0 Å². The Morgan fingerprint density at radius 3 is 2.44 bits per heavy atom. The maximum Gasteiger partial charge on any atom is 0.151 e. The molecule has 94 valence electrons. The maximum absolute atomic E-state index is 13.6. The molecule has 0 aliphatic heterocycles. The lowest BCUT2D eigenvalue weighted by Crippen LogP contribution is -1.99. The van der Waals surface area contributed by atoms with Gasteiger partial charge in [0.05, 0.1) is 22.1 Å². The molecule has 0 saturated heterocycles. The highest BCUT2D eigenvalue weighted by atomic mass is 35.5. The second kappa shape index (κ2) is 5.00. The van der Waals surface area contributed by atoms with Gasteiger partial charge in [-0.25, -0.2) is 8.78 Å². The second-order valence-corrected chi connectivity index (χ2v) is 4.44. The lowest BCUT2D eigenvalue weighted by atomic mass is 10.2. The molecule has 6 heteroatoms. The first kappa shape index (κ1) is 12.9. The number of nitrogens with two attached hydrogens (primary N) is 1. The van der Waals surface area contributed by atoms with E-state index in [1.165, 1.54) is 6.07 Å². The van der Waals surface area contributed by atoms with Crippen LogP contribution >= 0.6 is 23.2 Å². The standard InChI is InChI=1S/C12H8Cl2F2N2/c13-6-1-2-10(17)11(3-6)18-12-8(14)4-7(15)5-9(12)16/h1-5,18H,17H2. The molecule has 0 bridgehead atoms. The summed E-state index contributed by atoms with van der Waals surface area (Å²) in [7, 11) is 0. The van der Waals surface area contributed by atoms with Gasteiger partial charge in [-0.1, -0.05) is 23.2 Å². The third-order valence-electron chi connectivity index (χ3n) is 2.28. The Labute approximate surface area is 112 Å². The summed E-state index contributed by atoms with van der Waals surface area (Å²) < 4.78 is 26.5. The average molecular weight is 289 g/mol. The molecular weight excluding hydrogens is 281 g/mol. The van der Waals surface area contributed by atoms with Gasteiger partial charge in [0, 0.05) is 11.1 Å². The fourth-order valence-electron chi connectivity index (χ4n) is 1.43. The Kier molecular flexibility index (Phi) is 3.59. The van der Waals surface area contributed by atoms with Crippen LogP contribution in [0.5, 0.6) is 0 Å². The minimum Gasteiger partial charge on any atom is -0.397 e. The van der Waals surface area contributed by atoms with Gasteiger partial charge in [-0.05, 0) is 24.3 Å². The van der Waals surface area contributed by atoms with E-state index in [1.54, 1.807) is 12.1 Å². The molecule has 0 aliphatic carbocycles. The van der Waals surface area contributed by atoms with E-state index in [1.807, 2.05) is 0 Å². The monoisotopic (exact) mass is 288 g/mol. The van der Waals surface area contributed by atoms with E-state index >= 15 is 0 Å². The molecule has 0 heterocycles. The van der Waals surface area contributed by atoms with Crippen molar-refractivity contribution >= 4 is 40.3 Å². The van der Waals surface area contributed by atoms with Gasteiger partial charge in [0.2, 0.25) is 0 Å². The third kappa shape index (κ3) is 2.66. The number of hydrogen-bond donors (Lipinski definition) is 2. The van der Waals surface area contributed by atoms with Gasteiger partial charge in [-0.2, -0.15) is 0 Å². The Morgan fingerprint density at radius 2 is 1.78 bits per heavy atom. The number of anilines is 3. The zero-order chi connectivity index (χ0) is 13.3. The van der Waals surface area contributed by atoms with E-state index in [2.05, 4.69) is 5.32 Å². The molecule has 0 aromatic heterocycles. The first-order chi connectivity index (χ1) is 8.47. The van der Waals surface area contributed by atoms with Crippen molar-refractivity contribution in [3.63, 3.8) is 0 Å². The Hall–Kier alpha value is -1.52. The van der Waals surface area contributed by atoms with Gasteiger partial charge >= 0.3 is 0 Å². The summed E-state index contributed by atoms with van der Waals surface area (Å²) in [5.74, 6) is -1.55. The lowest BCUT2D eigenvalue weighted by molar-refractivity contribution is 0.586. The molecule has 0 saturated carbocycles. The molecule has 3 N–H and O–H groups in total. The van der Waals surface area contributed by atoms with Crippen molar-refractivity contribution in [2.24, 2.45) is 0 Å². The molecule has 0 amide bonds. The third-order valence-corrected chi connectivity index (χ3v) is 2.82. The Balaban J connectivity index is 2.43. The van der Waals surface area contributed by atoms with Crippen molar-refractivity contribution in [1.29, 1.82) is 0 Å². The minimum absolute atomic E-state index is 0.0490. The van der Waals surface area contributed by atoms with Crippen LogP contribution in [0.3, 0.4) is 0 Å². The molecule has 2 rings (SSSR count). The second-order valence-electron chi connectivity index (χ2n) is 3.60. The van der Waals surface area contributed by atoms with E-state index in [0.29, 0.717) is 16.4 Å². The molecular formula is C12H8Cl2F2N2. The summed E-state index contributed by atoms with van der Waals surface area (Å²) in [5.41, 5.74) is 6.43. The van der Waals surface area contributed by atoms with Crippen molar-refractivity contribution in [3.8, 4) is 0 Å². The van der Waals surface area contributed by atoms with E-state index in [-0.39, 0.29) is 10.7 Å². The number of hydrogen-bond acceptors (Lipinski definition) is 2. The predicted octanol–water partition coefficient (Wildman–Crippen LogP) is 4.60. The van der Waals surface area contributed by atoms with E-state index in [0.717, 1.165) is 12.1 Å². The normalized spacial score (nSPS) is 10.4. The van der Waals surface area contributed by atoms with Crippen LogP contribution in [0.15, 0.2) is 30.3 Å². The highest BCUT2D eigenvalue weighted by Gasteiger charge is 2.11. The van der Waals surface area contributed by atoms with Gasteiger partial charge in [0.25, 0.3) is 0 Å². The van der Waals surface area contributed by atoms with Crippen molar-refractivity contribution < 1.29 is 8.78 Å². The van der Waals surface area contributed by atoms with Crippen molar-refractivity contribution in [3.05, 3.63) is 52.0 Å². The van der Waals surface area contributed by atoms with Gasteiger partial charge in [-0.3, -0.25) is 0 Å². The van der Waals surface area contributed by atoms with E-state index < -0.39 is 11.6 Å². The Bertz CT molecular complexity index is 580. The molecule has 0 spiro atoms. The Morgan fingerprint density at radius 1 is 1.06 bits per heavy atom. The zero-order valence-corrected chi connectivity index (χ0v) is 10.5. The summed E-state index contributed by atoms with van der Waals surface area (Å²) in [5, 5.41) is 3.05. The average Bonchev–Trinajstić information content (AvgIpc) is 2.28. The van der Waals surface area contributed by atoms with Crippen LogP contribution in [-0.2, 0) is 0 Å². The van der Waals surface area contributed by atoms with Crippen molar-refractivity contribution in [2.75, 3.05) is 11.1 Å². The largest absolute Gasteiger partial charge is 0.397 e. The van der Waals surface area contributed by atoms with Gasteiger partial charge < -0.3 is 11.1 Å². The fourth-order valence-corrected chi connectivity index (χ4v) is 1.85. The van der Waals surface area contributed by atoms with Crippen LogP contribution in [-0.4, -0.2) is 0 Å². The molecule has 18 heavy (non-hydrogen) atoms. The fraction of sp³-hybridized carbons (Fsp3) is 0. The minimum atomic E-state index is -0.806. The summed E-state index contributed by atoms with van der Waals surface area (Å²) in [6, 6.07) is 6.43. The van der Waals surface area contributed by atoms with E-state index in [4.69, 9.17) is 28.9 Å². The van der Waals surface area contributed by atoms with Crippen molar-refractivity contribution in [2.45, 2.75) is 0 Å². The quantitative estimate of drug-likeness (QED) is 0.793. The van der Waals surface area contributed by atoms with E-state index in [9.17, 15) is 8.78 Å². The lowest BCUT2D eigenvalue weighted by Gasteiger charge is -2.12. The molecule has 2 aromatic carbocycles. The number of nitrogens with one attached hydrogen (secondary N) is 1. The molecule has 0 radical (unpaired) electrons. The SMILES string of the molecule is Nc1ccc(Cl)cc1Nc1c(F)cc(F)cc1Cl.